The normalized spacial score (nSPS) is 11.2. The molecule has 1 heterocycles. The average molecular weight is 253 g/mol. The molecule has 0 unspecified atom stereocenters. The summed E-state index contributed by atoms with van der Waals surface area (Å²) in [6, 6.07) is 7.29. The Bertz CT molecular complexity index is 530. The van der Waals surface area contributed by atoms with Gasteiger partial charge in [0, 0.05) is 31.2 Å². The van der Waals surface area contributed by atoms with Crippen molar-refractivity contribution in [2.75, 3.05) is 0 Å². The first-order valence-corrected chi connectivity index (χ1v) is 5.52. The number of aliphatic imine (C=N–C) groups is 1. The summed E-state index contributed by atoms with van der Waals surface area (Å²) in [5.74, 6) is 0. The van der Waals surface area contributed by atoms with E-state index in [0.717, 1.165) is 11.3 Å². The minimum atomic E-state index is 0.518. The maximum absolute atomic E-state index is 5.89. The smallest absolute Gasteiger partial charge is 0.0645 e. The molecule has 0 aliphatic heterocycles. The molecule has 0 amide bonds. The van der Waals surface area contributed by atoms with E-state index in [0.29, 0.717) is 10.0 Å². The van der Waals surface area contributed by atoms with Gasteiger partial charge in [-0.05, 0) is 24.3 Å². The molecule has 82 valence electrons. The number of nitrogens with zero attached hydrogens (tertiary/aromatic N) is 2. The van der Waals surface area contributed by atoms with Crippen LogP contribution in [0.1, 0.15) is 5.56 Å². The molecule has 0 radical (unpaired) electrons. The zero-order valence-electron chi connectivity index (χ0n) is 8.69. The molecule has 2 aromatic rings. The fraction of sp³-hybridized carbons (Fsp3) is 0.0833. The van der Waals surface area contributed by atoms with Crippen molar-refractivity contribution in [2.24, 2.45) is 12.0 Å². The molecule has 2 rings (SSSR count). The molecule has 1 aromatic carbocycles. The highest BCUT2D eigenvalue weighted by Gasteiger charge is 1.97. The molecule has 0 atom stereocenters. The predicted molar refractivity (Wildman–Crippen MR) is 69.1 cm³/mol. The van der Waals surface area contributed by atoms with Crippen molar-refractivity contribution in [3.05, 3.63) is 52.3 Å². The summed E-state index contributed by atoms with van der Waals surface area (Å²) >= 11 is 11.7. The van der Waals surface area contributed by atoms with E-state index in [1.54, 1.807) is 18.3 Å². The first-order valence-electron chi connectivity index (χ1n) is 4.76. The lowest BCUT2D eigenvalue weighted by Crippen LogP contribution is -1.79. The third-order valence-electron chi connectivity index (χ3n) is 2.12. The summed E-state index contributed by atoms with van der Waals surface area (Å²) in [6.07, 6.45) is 5.75. The van der Waals surface area contributed by atoms with Crippen molar-refractivity contribution in [3.63, 3.8) is 0 Å². The fourth-order valence-corrected chi connectivity index (χ4v) is 1.61. The molecule has 0 bridgehead atoms. The number of hydrogen-bond donors (Lipinski definition) is 0. The number of rotatable bonds is 2. The van der Waals surface area contributed by atoms with Crippen LogP contribution < -0.4 is 0 Å². The van der Waals surface area contributed by atoms with Crippen LogP contribution in [-0.2, 0) is 7.05 Å². The molecular weight excluding hydrogens is 243 g/mol. The van der Waals surface area contributed by atoms with Crippen LogP contribution in [0.2, 0.25) is 10.0 Å². The molecule has 2 nitrogen and oxygen atoms in total. The van der Waals surface area contributed by atoms with Gasteiger partial charge in [0.25, 0.3) is 0 Å². The largest absolute Gasteiger partial charge is 0.357 e. The molecular formula is C12H10Cl2N2. The standard InChI is InChI=1S/C12H10Cl2N2/c1-16-5-4-9(8-16)7-15-10-2-3-11(13)12(14)6-10/h2-8H,1H3. The fourth-order valence-electron chi connectivity index (χ4n) is 1.32. The summed E-state index contributed by atoms with van der Waals surface area (Å²) in [4.78, 5) is 4.31. The summed E-state index contributed by atoms with van der Waals surface area (Å²) < 4.78 is 1.97. The van der Waals surface area contributed by atoms with Gasteiger partial charge in [-0.1, -0.05) is 23.2 Å². The number of benzene rings is 1. The molecule has 0 aliphatic rings. The first-order chi connectivity index (χ1) is 7.65. The lowest BCUT2D eigenvalue weighted by molar-refractivity contribution is 0.927. The highest BCUT2D eigenvalue weighted by Crippen LogP contribution is 2.26. The van der Waals surface area contributed by atoms with Crippen LogP contribution in [-0.4, -0.2) is 10.8 Å². The second-order valence-corrected chi connectivity index (χ2v) is 4.28. The van der Waals surface area contributed by atoms with Crippen molar-refractivity contribution in [1.29, 1.82) is 0 Å². The Balaban J connectivity index is 2.20. The quantitative estimate of drug-likeness (QED) is 0.717. The van der Waals surface area contributed by atoms with Crippen LogP contribution in [0, 0.1) is 0 Å². The maximum Gasteiger partial charge on any atom is 0.0645 e. The van der Waals surface area contributed by atoms with Crippen LogP contribution in [0.25, 0.3) is 0 Å². The van der Waals surface area contributed by atoms with Gasteiger partial charge in [0.1, 0.15) is 0 Å². The van der Waals surface area contributed by atoms with E-state index in [-0.39, 0.29) is 0 Å². The van der Waals surface area contributed by atoms with Gasteiger partial charge >= 0.3 is 0 Å². The van der Waals surface area contributed by atoms with Crippen LogP contribution in [0.3, 0.4) is 0 Å². The van der Waals surface area contributed by atoms with E-state index in [2.05, 4.69) is 4.99 Å². The number of hydrogen-bond acceptors (Lipinski definition) is 1. The molecule has 4 heteroatoms. The van der Waals surface area contributed by atoms with E-state index >= 15 is 0 Å². The minimum Gasteiger partial charge on any atom is -0.357 e. The second kappa shape index (κ2) is 4.73. The van der Waals surface area contributed by atoms with E-state index < -0.39 is 0 Å². The molecule has 0 aliphatic carbocycles. The van der Waals surface area contributed by atoms with E-state index in [4.69, 9.17) is 23.2 Å². The highest BCUT2D eigenvalue weighted by atomic mass is 35.5. The van der Waals surface area contributed by atoms with E-state index in [9.17, 15) is 0 Å². The lowest BCUT2D eigenvalue weighted by atomic mass is 10.3. The van der Waals surface area contributed by atoms with Crippen molar-refractivity contribution in [1.82, 2.24) is 4.57 Å². The SMILES string of the molecule is Cn1ccc(C=Nc2ccc(Cl)c(Cl)c2)c1. The van der Waals surface area contributed by atoms with Crippen LogP contribution in [0.5, 0.6) is 0 Å². The highest BCUT2D eigenvalue weighted by molar-refractivity contribution is 6.42. The van der Waals surface area contributed by atoms with Gasteiger partial charge in [-0.3, -0.25) is 4.99 Å². The average Bonchev–Trinajstić information content (AvgIpc) is 2.66. The van der Waals surface area contributed by atoms with Gasteiger partial charge in [0.2, 0.25) is 0 Å². The van der Waals surface area contributed by atoms with Gasteiger partial charge in [-0.2, -0.15) is 0 Å². The zero-order chi connectivity index (χ0) is 11.5. The van der Waals surface area contributed by atoms with Crippen LogP contribution >= 0.6 is 23.2 Å². The zero-order valence-corrected chi connectivity index (χ0v) is 10.2. The second-order valence-electron chi connectivity index (χ2n) is 3.47. The van der Waals surface area contributed by atoms with Crippen LogP contribution in [0.15, 0.2) is 41.7 Å². The summed E-state index contributed by atoms with van der Waals surface area (Å²) in [6.45, 7) is 0. The predicted octanol–water partition coefficient (Wildman–Crippen LogP) is 4.08. The van der Waals surface area contributed by atoms with Crippen molar-refractivity contribution in [2.45, 2.75) is 0 Å². The van der Waals surface area contributed by atoms with Crippen LogP contribution in [0.4, 0.5) is 5.69 Å². The lowest BCUT2D eigenvalue weighted by Gasteiger charge is -1.96. The topological polar surface area (TPSA) is 17.3 Å². The molecule has 0 saturated heterocycles. The van der Waals surface area contributed by atoms with E-state index in [1.165, 1.54) is 0 Å². The maximum atomic E-state index is 5.89. The van der Waals surface area contributed by atoms with Crippen molar-refractivity contribution in [3.8, 4) is 0 Å². The van der Waals surface area contributed by atoms with Crippen molar-refractivity contribution >= 4 is 35.1 Å². The van der Waals surface area contributed by atoms with Gasteiger partial charge in [-0.25, -0.2) is 0 Å². The molecule has 0 spiro atoms. The van der Waals surface area contributed by atoms with Gasteiger partial charge in [0.15, 0.2) is 0 Å². The van der Waals surface area contributed by atoms with Crippen molar-refractivity contribution < 1.29 is 0 Å². The first kappa shape index (κ1) is 11.2. The summed E-state index contributed by atoms with van der Waals surface area (Å²) in [7, 11) is 1.97. The molecule has 0 N–H and O–H groups in total. The number of aryl methyl sites for hydroxylation is 1. The molecule has 16 heavy (non-hydrogen) atoms. The van der Waals surface area contributed by atoms with Gasteiger partial charge in [-0.15, -0.1) is 0 Å². The third-order valence-corrected chi connectivity index (χ3v) is 2.86. The molecule has 1 aromatic heterocycles. The minimum absolute atomic E-state index is 0.518. The summed E-state index contributed by atoms with van der Waals surface area (Å²) in [5.41, 5.74) is 1.84. The Morgan fingerprint density at radius 1 is 1.19 bits per heavy atom. The monoisotopic (exact) mass is 252 g/mol. The third kappa shape index (κ3) is 2.65. The van der Waals surface area contributed by atoms with E-state index in [1.807, 2.05) is 36.1 Å². The summed E-state index contributed by atoms with van der Waals surface area (Å²) in [5, 5.41) is 1.06. The number of halogens is 2. The van der Waals surface area contributed by atoms with Gasteiger partial charge < -0.3 is 4.57 Å². The Kier molecular flexibility index (Phi) is 3.32. The Hall–Kier alpha value is -1.25. The Labute approximate surface area is 104 Å². The van der Waals surface area contributed by atoms with Gasteiger partial charge in [0.05, 0.1) is 15.7 Å². The number of aromatic nitrogens is 1. The molecule has 0 saturated carbocycles. The molecule has 0 fully saturated rings. The Morgan fingerprint density at radius 3 is 2.62 bits per heavy atom. The Morgan fingerprint density at radius 2 is 2.00 bits per heavy atom.